The Hall–Kier alpha value is -3.28. The summed E-state index contributed by atoms with van der Waals surface area (Å²) in [5.74, 6) is -0.971. The molecular weight excluding hydrogens is 402 g/mol. The molecule has 0 saturated carbocycles. The Bertz CT molecular complexity index is 1220. The van der Waals surface area contributed by atoms with Crippen LogP contribution in [0.3, 0.4) is 0 Å². The van der Waals surface area contributed by atoms with Gasteiger partial charge in [0.2, 0.25) is 0 Å². The lowest BCUT2D eigenvalue weighted by atomic mass is 9.82. The second-order valence-electron chi connectivity index (χ2n) is 9.65. The standard InChI is InChI=1S/C26H31N3O3/c1-17-13-21(18(2)27-22-8-6-5-7-20(22)25(31)32)23-14-19(15-24(30)29(23)16-17)28-11-9-26(3,4)10-12-28/h5-8,13-16,18,27H,9-12H2,1-4H3,(H,31,32). The van der Waals surface area contributed by atoms with Crippen molar-refractivity contribution in [1.29, 1.82) is 0 Å². The molecule has 4 rings (SSSR count). The number of aromatic nitrogens is 1. The van der Waals surface area contributed by atoms with Gasteiger partial charge in [0.25, 0.3) is 5.56 Å². The molecule has 1 unspecified atom stereocenters. The molecule has 0 spiro atoms. The van der Waals surface area contributed by atoms with Crippen molar-refractivity contribution < 1.29 is 9.90 Å². The molecule has 3 aromatic rings. The average Bonchev–Trinajstić information content (AvgIpc) is 2.74. The third-order valence-electron chi connectivity index (χ3n) is 6.54. The van der Waals surface area contributed by atoms with E-state index in [4.69, 9.17) is 0 Å². The number of piperidine rings is 1. The van der Waals surface area contributed by atoms with E-state index in [1.54, 1.807) is 28.7 Å². The molecule has 168 valence electrons. The van der Waals surface area contributed by atoms with Crippen LogP contribution in [-0.4, -0.2) is 28.6 Å². The fourth-order valence-corrected chi connectivity index (χ4v) is 4.49. The molecule has 1 aliphatic rings. The minimum absolute atomic E-state index is 0.0505. The van der Waals surface area contributed by atoms with Crippen LogP contribution in [0.1, 0.15) is 61.1 Å². The van der Waals surface area contributed by atoms with Gasteiger partial charge in [-0.05, 0) is 61.4 Å². The fourth-order valence-electron chi connectivity index (χ4n) is 4.49. The van der Waals surface area contributed by atoms with E-state index in [0.717, 1.165) is 48.3 Å². The van der Waals surface area contributed by atoms with Gasteiger partial charge in [0.15, 0.2) is 0 Å². The van der Waals surface area contributed by atoms with Gasteiger partial charge in [-0.25, -0.2) is 4.79 Å². The summed E-state index contributed by atoms with van der Waals surface area (Å²) in [6, 6.07) is 12.6. The van der Waals surface area contributed by atoms with E-state index in [0.29, 0.717) is 11.1 Å². The van der Waals surface area contributed by atoms with E-state index in [-0.39, 0.29) is 17.2 Å². The molecule has 0 radical (unpaired) electrons. The number of benzene rings is 1. The van der Waals surface area contributed by atoms with Crippen LogP contribution >= 0.6 is 0 Å². The van der Waals surface area contributed by atoms with Crippen LogP contribution in [0.2, 0.25) is 0 Å². The van der Waals surface area contributed by atoms with Gasteiger partial charge in [-0.2, -0.15) is 0 Å². The van der Waals surface area contributed by atoms with E-state index >= 15 is 0 Å². The molecule has 1 aromatic carbocycles. The number of hydrogen-bond acceptors (Lipinski definition) is 4. The Labute approximate surface area is 188 Å². The maximum Gasteiger partial charge on any atom is 0.337 e. The number of carboxylic acids is 1. The van der Waals surface area contributed by atoms with Crippen molar-refractivity contribution in [2.75, 3.05) is 23.3 Å². The number of aryl methyl sites for hydroxylation is 1. The SMILES string of the molecule is Cc1cc(C(C)Nc2ccccc2C(=O)O)c2cc(N3CCC(C)(C)CC3)cc(=O)n2c1. The molecule has 32 heavy (non-hydrogen) atoms. The summed E-state index contributed by atoms with van der Waals surface area (Å²) >= 11 is 0. The molecule has 0 bridgehead atoms. The molecular formula is C26H31N3O3. The molecule has 6 nitrogen and oxygen atoms in total. The van der Waals surface area contributed by atoms with Crippen molar-refractivity contribution in [1.82, 2.24) is 4.40 Å². The molecule has 2 aromatic heterocycles. The lowest BCUT2D eigenvalue weighted by molar-refractivity contribution is 0.0698. The molecule has 2 N–H and O–H groups in total. The number of rotatable bonds is 5. The van der Waals surface area contributed by atoms with Crippen LogP contribution in [0, 0.1) is 12.3 Å². The van der Waals surface area contributed by atoms with Crippen LogP contribution in [0.25, 0.3) is 5.52 Å². The lowest BCUT2D eigenvalue weighted by Gasteiger charge is -2.38. The number of nitrogens with zero attached hydrogens (tertiary/aromatic N) is 2. The van der Waals surface area contributed by atoms with E-state index in [1.165, 1.54) is 0 Å². The van der Waals surface area contributed by atoms with E-state index in [9.17, 15) is 14.7 Å². The maximum atomic E-state index is 13.0. The number of anilines is 2. The molecule has 1 saturated heterocycles. The van der Waals surface area contributed by atoms with Crippen LogP contribution in [0.5, 0.6) is 0 Å². The van der Waals surface area contributed by atoms with Gasteiger partial charge < -0.3 is 15.3 Å². The molecule has 6 heteroatoms. The number of para-hydroxylation sites is 1. The van der Waals surface area contributed by atoms with Gasteiger partial charge in [-0.3, -0.25) is 9.20 Å². The van der Waals surface area contributed by atoms with E-state index in [2.05, 4.69) is 36.2 Å². The summed E-state index contributed by atoms with van der Waals surface area (Å²) in [5.41, 5.74) is 4.80. The smallest absolute Gasteiger partial charge is 0.337 e. The number of carboxylic acid groups (broad SMARTS) is 1. The molecule has 1 fully saturated rings. The zero-order valence-corrected chi connectivity index (χ0v) is 19.2. The maximum absolute atomic E-state index is 13.0. The predicted molar refractivity (Wildman–Crippen MR) is 129 cm³/mol. The topological polar surface area (TPSA) is 74.0 Å². The van der Waals surface area contributed by atoms with Gasteiger partial charge in [-0.15, -0.1) is 0 Å². The first kappa shape index (κ1) is 21.9. The van der Waals surface area contributed by atoms with E-state index in [1.807, 2.05) is 26.1 Å². The third-order valence-corrected chi connectivity index (χ3v) is 6.54. The largest absolute Gasteiger partial charge is 0.478 e. The Balaban J connectivity index is 1.75. The van der Waals surface area contributed by atoms with Crippen molar-refractivity contribution in [3.8, 4) is 0 Å². The number of nitrogens with one attached hydrogen (secondary N) is 1. The normalized spacial score (nSPS) is 16.7. The first-order valence-corrected chi connectivity index (χ1v) is 11.2. The molecule has 0 aliphatic carbocycles. The van der Waals surface area contributed by atoms with Gasteiger partial charge in [-0.1, -0.05) is 32.0 Å². The molecule has 3 heterocycles. The monoisotopic (exact) mass is 433 g/mol. The van der Waals surface area contributed by atoms with Gasteiger partial charge in [0, 0.05) is 36.7 Å². The lowest BCUT2D eigenvalue weighted by Crippen LogP contribution is -2.37. The van der Waals surface area contributed by atoms with Crippen LogP contribution < -0.4 is 15.8 Å². The minimum atomic E-state index is -0.971. The van der Waals surface area contributed by atoms with Crippen molar-refractivity contribution in [2.45, 2.75) is 46.6 Å². The van der Waals surface area contributed by atoms with Crippen molar-refractivity contribution in [3.63, 3.8) is 0 Å². The highest BCUT2D eigenvalue weighted by molar-refractivity contribution is 5.94. The van der Waals surface area contributed by atoms with Crippen molar-refractivity contribution >= 4 is 22.9 Å². The molecule has 1 aliphatic heterocycles. The first-order chi connectivity index (χ1) is 15.1. The average molecular weight is 434 g/mol. The second-order valence-corrected chi connectivity index (χ2v) is 9.65. The van der Waals surface area contributed by atoms with Gasteiger partial charge in [0.1, 0.15) is 0 Å². The number of hydrogen-bond donors (Lipinski definition) is 2. The van der Waals surface area contributed by atoms with Gasteiger partial charge >= 0.3 is 5.97 Å². The second kappa shape index (κ2) is 8.34. The zero-order valence-electron chi connectivity index (χ0n) is 19.2. The van der Waals surface area contributed by atoms with Crippen LogP contribution in [0.4, 0.5) is 11.4 Å². The van der Waals surface area contributed by atoms with E-state index < -0.39 is 5.97 Å². The predicted octanol–water partition coefficient (Wildman–Crippen LogP) is 5.11. The number of fused-ring (bicyclic) bond motifs is 1. The zero-order chi connectivity index (χ0) is 23.0. The Kier molecular flexibility index (Phi) is 5.71. The highest BCUT2D eigenvalue weighted by Gasteiger charge is 2.26. The molecule has 1 atom stereocenters. The Morgan fingerprint density at radius 1 is 1.12 bits per heavy atom. The summed E-state index contributed by atoms with van der Waals surface area (Å²) in [4.78, 5) is 27.0. The van der Waals surface area contributed by atoms with Crippen LogP contribution in [-0.2, 0) is 0 Å². The first-order valence-electron chi connectivity index (χ1n) is 11.2. The summed E-state index contributed by atoms with van der Waals surface area (Å²) in [6.07, 6.45) is 4.05. The van der Waals surface area contributed by atoms with Crippen LogP contribution in [0.15, 0.2) is 53.5 Å². The van der Waals surface area contributed by atoms with Crippen molar-refractivity contribution in [3.05, 3.63) is 75.7 Å². The third kappa shape index (κ3) is 4.35. The Morgan fingerprint density at radius 2 is 1.81 bits per heavy atom. The van der Waals surface area contributed by atoms with Gasteiger partial charge in [0.05, 0.1) is 17.1 Å². The summed E-state index contributed by atoms with van der Waals surface area (Å²) in [5, 5.41) is 12.9. The fraction of sp³-hybridized carbons (Fsp3) is 0.385. The summed E-state index contributed by atoms with van der Waals surface area (Å²) in [6.45, 7) is 10.4. The minimum Gasteiger partial charge on any atom is -0.478 e. The highest BCUT2D eigenvalue weighted by Crippen LogP contribution is 2.33. The quantitative estimate of drug-likeness (QED) is 0.585. The number of carbonyl (C=O) groups is 1. The molecule has 0 amide bonds. The Morgan fingerprint density at radius 3 is 2.50 bits per heavy atom. The summed E-state index contributed by atoms with van der Waals surface area (Å²) in [7, 11) is 0. The van der Waals surface area contributed by atoms with Crippen molar-refractivity contribution in [2.24, 2.45) is 5.41 Å². The highest BCUT2D eigenvalue weighted by atomic mass is 16.4. The summed E-state index contributed by atoms with van der Waals surface area (Å²) < 4.78 is 1.70. The number of aromatic carboxylic acids is 1. The number of pyridine rings is 2.